The number of hydrogen-bond donors (Lipinski definition) is 3. The second kappa shape index (κ2) is 5.80. The molecule has 3 aromatic rings. The van der Waals surface area contributed by atoms with Crippen LogP contribution in [0, 0.1) is 0 Å². The average molecular weight is 320 g/mol. The molecule has 24 heavy (non-hydrogen) atoms. The maximum absolute atomic E-state index is 12.6. The summed E-state index contributed by atoms with van der Waals surface area (Å²) in [6.07, 6.45) is 4.40. The summed E-state index contributed by atoms with van der Waals surface area (Å²) in [6, 6.07) is 15.5. The summed E-state index contributed by atoms with van der Waals surface area (Å²) in [4.78, 5) is 15.7. The van der Waals surface area contributed by atoms with E-state index in [0.717, 1.165) is 29.3 Å². The maximum atomic E-state index is 12.6. The van der Waals surface area contributed by atoms with Crippen molar-refractivity contribution >= 4 is 16.8 Å². The van der Waals surface area contributed by atoms with Gasteiger partial charge in [-0.15, -0.1) is 0 Å². The van der Waals surface area contributed by atoms with Crippen LogP contribution >= 0.6 is 0 Å². The monoisotopic (exact) mass is 320 g/mol. The fourth-order valence-corrected chi connectivity index (χ4v) is 3.68. The number of para-hydroxylation sites is 1. The van der Waals surface area contributed by atoms with Crippen LogP contribution in [0.15, 0.2) is 54.7 Å². The first-order valence-electron chi connectivity index (χ1n) is 8.32. The van der Waals surface area contributed by atoms with E-state index in [4.69, 9.17) is 0 Å². The lowest BCUT2D eigenvalue weighted by Crippen LogP contribution is -2.43. The van der Waals surface area contributed by atoms with E-state index in [1.807, 2.05) is 42.6 Å². The van der Waals surface area contributed by atoms with E-state index >= 15 is 0 Å². The van der Waals surface area contributed by atoms with Gasteiger partial charge in [0.2, 0.25) is 0 Å². The van der Waals surface area contributed by atoms with Gasteiger partial charge in [-0.3, -0.25) is 4.79 Å². The lowest BCUT2D eigenvalue weighted by atomic mass is 9.79. The van der Waals surface area contributed by atoms with Gasteiger partial charge in [0, 0.05) is 11.6 Å². The van der Waals surface area contributed by atoms with Crippen molar-refractivity contribution in [3.05, 3.63) is 71.4 Å². The lowest BCUT2D eigenvalue weighted by molar-refractivity contribution is 0.0189. The van der Waals surface area contributed by atoms with Crippen LogP contribution in [-0.2, 0) is 12.0 Å². The van der Waals surface area contributed by atoms with Gasteiger partial charge >= 0.3 is 0 Å². The Balaban J connectivity index is 1.57. The molecule has 1 aliphatic carbocycles. The van der Waals surface area contributed by atoms with Gasteiger partial charge in [-0.1, -0.05) is 36.4 Å². The Labute approximate surface area is 140 Å². The number of benzene rings is 2. The van der Waals surface area contributed by atoms with E-state index < -0.39 is 5.60 Å². The van der Waals surface area contributed by atoms with Gasteiger partial charge in [0.15, 0.2) is 0 Å². The normalized spacial score (nSPS) is 19.9. The molecule has 1 unspecified atom stereocenters. The first kappa shape index (κ1) is 15.0. The Kier molecular flexibility index (Phi) is 3.62. The first-order valence-corrected chi connectivity index (χ1v) is 8.32. The van der Waals surface area contributed by atoms with Crippen molar-refractivity contribution in [1.29, 1.82) is 0 Å². The first-order chi connectivity index (χ1) is 11.7. The number of rotatable bonds is 3. The van der Waals surface area contributed by atoms with Crippen molar-refractivity contribution in [2.24, 2.45) is 0 Å². The average Bonchev–Trinajstić information content (AvgIpc) is 3.09. The summed E-state index contributed by atoms with van der Waals surface area (Å²) in [5.74, 6) is -0.167. The van der Waals surface area contributed by atoms with Gasteiger partial charge in [0.1, 0.15) is 5.60 Å². The summed E-state index contributed by atoms with van der Waals surface area (Å²) in [7, 11) is 0. The van der Waals surface area contributed by atoms with E-state index in [-0.39, 0.29) is 12.5 Å². The molecule has 1 heterocycles. The molecule has 3 N–H and O–H groups in total. The summed E-state index contributed by atoms with van der Waals surface area (Å²) in [5.41, 5.74) is 2.55. The molecule has 0 saturated carbocycles. The van der Waals surface area contributed by atoms with Crippen molar-refractivity contribution in [2.45, 2.75) is 24.9 Å². The van der Waals surface area contributed by atoms with Gasteiger partial charge in [-0.25, -0.2) is 0 Å². The molecule has 0 aliphatic heterocycles. The van der Waals surface area contributed by atoms with Crippen molar-refractivity contribution in [2.75, 3.05) is 6.54 Å². The van der Waals surface area contributed by atoms with Crippen LogP contribution in [0.3, 0.4) is 0 Å². The third kappa shape index (κ3) is 2.49. The Bertz CT molecular complexity index is 899. The standard InChI is InChI=1S/C20H20N2O2/c23-19(16-8-3-6-15-10-12-21-18(15)16)22-13-20(24)11-4-7-14-5-1-2-9-17(14)20/h1-3,5-6,8-10,12,21,24H,4,7,11,13H2,(H,22,23). The third-order valence-electron chi connectivity index (χ3n) is 4.93. The molecule has 0 saturated heterocycles. The Morgan fingerprint density at radius 1 is 1.17 bits per heavy atom. The molecule has 1 aliphatic rings. The highest BCUT2D eigenvalue weighted by Crippen LogP contribution is 2.34. The van der Waals surface area contributed by atoms with E-state index in [1.54, 1.807) is 6.07 Å². The van der Waals surface area contributed by atoms with Crippen molar-refractivity contribution < 1.29 is 9.90 Å². The van der Waals surface area contributed by atoms with E-state index in [9.17, 15) is 9.90 Å². The summed E-state index contributed by atoms with van der Waals surface area (Å²) in [6.45, 7) is 0.222. The minimum Gasteiger partial charge on any atom is -0.383 e. The highest BCUT2D eigenvalue weighted by molar-refractivity contribution is 6.05. The number of carbonyl (C=O) groups excluding carboxylic acids is 1. The number of hydrogen-bond acceptors (Lipinski definition) is 2. The summed E-state index contributed by atoms with van der Waals surface area (Å²) >= 11 is 0. The van der Waals surface area contributed by atoms with Crippen LogP contribution in [0.5, 0.6) is 0 Å². The Hall–Kier alpha value is -2.59. The highest BCUT2D eigenvalue weighted by Gasteiger charge is 2.34. The van der Waals surface area contributed by atoms with Crippen molar-refractivity contribution in [3.63, 3.8) is 0 Å². The predicted octanol–water partition coefficient (Wildman–Crippen LogP) is 3.12. The number of fused-ring (bicyclic) bond motifs is 2. The zero-order chi connectivity index (χ0) is 16.6. The van der Waals surface area contributed by atoms with Gasteiger partial charge in [0.05, 0.1) is 17.6 Å². The smallest absolute Gasteiger partial charge is 0.253 e. The number of aliphatic hydroxyl groups is 1. The Morgan fingerprint density at radius 3 is 2.96 bits per heavy atom. The fourth-order valence-electron chi connectivity index (χ4n) is 3.68. The lowest BCUT2D eigenvalue weighted by Gasteiger charge is -2.34. The van der Waals surface area contributed by atoms with Crippen molar-refractivity contribution in [1.82, 2.24) is 10.3 Å². The molecule has 1 amide bonds. The molecule has 4 rings (SSSR count). The van der Waals surface area contributed by atoms with Gasteiger partial charge < -0.3 is 15.4 Å². The number of carbonyl (C=O) groups is 1. The molecule has 0 bridgehead atoms. The minimum atomic E-state index is -0.992. The largest absolute Gasteiger partial charge is 0.383 e. The molecule has 122 valence electrons. The summed E-state index contributed by atoms with van der Waals surface area (Å²) < 4.78 is 0. The van der Waals surface area contributed by atoms with Crippen LogP contribution in [0.1, 0.15) is 34.3 Å². The van der Waals surface area contributed by atoms with Gasteiger partial charge in [-0.05, 0) is 42.5 Å². The van der Waals surface area contributed by atoms with E-state index in [1.165, 1.54) is 5.56 Å². The van der Waals surface area contributed by atoms with Crippen LogP contribution in [0.4, 0.5) is 0 Å². The Morgan fingerprint density at radius 2 is 2.04 bits per heavy atom. The van der Waals surface area contributed by atoms with Crippen molar-refractivity contribution in [3.8, 4) is 0 Å². The topological polar surface area (TPSA) is 65.1 Å². The molecular weight excluding hydrogens is 300 g/mol. The molecule has 0 radical (unpaired) electrons. The third-order valence-corrected chi connectivity index (χ3v) is 4.93. The number of nitrogens with one attached hydrogen (secondary N) is 2. The van der Waals surface area contributed by atoms with Crippen LogP contribution in [-0.4, -0.2) is 22.5 Å². The maximum Gasteiger partial charge on any atom is 0.253 e. The molecular formula is C20H20N2O2. The van der Waals surface area contributed by atoms with Crippen LogP contribution < -0.4 is 5.32 Å². The molecule has 4 heteroatoms. The molecule has 1 aromatic heterocycles. The number of aromatic amines is 1. The molecule has 4 nitrogen and oxygen atoms in total. The van der Waals surface area contributed by atoms with E-state index in [0.29, 0.717) is 12.0 Å². The quantitative estimate of drug-likeness (QED) is 0.694. The van der Waals surface area contributed by atoms with Crippen LogP contribution in [0.25, 0.3) is 10.9 Å². The van der Waals surface area contributed by atoms with E-state index in [2.05, 4.69) is 16.4 Å². The zero-order valence-electron chi connectivity index (χ0n) is 13.4. The molecule has 1 atom stereocenters. The fraction of sp³-hybridized carbons (Fsp3) is 0.250. The van der Waals surface area contributed by atoms with Crippen LogP contribution in [0.2, 0.25) is 0 Å². The number of aryl methyl sites for hydroxylation is 1. The molecule has 2 aromatic carbocycles. The number of H-pyrrole nitrogens is 1. The highest BCUT2D eigenvalue weighted by atomic mass is 16.3. The molecule has 0 fully saturated rings. The second-order valence-corrected chi connectivity index (χ2v) is 6.47. The summed E-state index contributed by atoms with van der Waals surface area (Å²) in [5, 5.41) is 15.0. The van der Waals surface area contributed by atoms with Gasteiger partial charge in [-0.2, -0.15) is 0 Å². The second-order valence-electron chi connectivity index (χ2n) is 6.47. The number of aromatic nitrogens is 1. The zero-order valence-corrected chi connectivity index (χ0v) is 13.4. The SMILES string of the molecule is O=C(NCC1(O)CCCc2ccccc21)c1cccc2cc[nH]c12. The number of amides is 1. The minimum absolute atomic E-state index is 0.167. The van der Waals surface area contributed by atoms with Gasteiger partial charge in [0.25, 0.3) is 5.91 Å². The predicted molar refractivity (Wildman–Crippen MR) is 93.9 cm³/mol. The molecule has 0 spiro atoms.